The molecule has 1 unspecified atom stereocenters. The van der Waals surface area contributed by atoms with Crippen molar-refractivity contribution in [1.29, 1.82) is 0 Å². The van der Waals surface area contributed by atoms with Crippen LogP contribution < -0.4 is 9.64 Å². The van der Waals surface area contributed by atoms with Gasteiger partial charge in [-0.25, -0.2) is 4.90 Å². The van der Waals surface area contributed by atoms with E-state index in [2.05, 4.69) is 4.90 Å². The summed E-state index contributed by atoms with van der Waals surface area (Å²) in [6.07, 6.45) is 1.65. The SMILES string of the molecule is CCOc1ccccc1N1C(=O)CC(N2CCC3(CC2)OCCO3)C1=O. The first-order valence-electron chi connectivity index (χ1n) is 9.24. The Bertz CT molecular complexity index is 691. The second kappa shape index (κ2) is 6.98. The van der Waals surface area contributed by atoms with Crippen LogP contribution in [0.1, 0.15) is 26.2 Å². The van der Waals surface area contributed by atoms with E-state index in [1.54, 1.807) is 12.1 Å². The number of piperidine rings is 1. The molecular weight excluding hydrogens is 336 g/mol. The van der Waals surface area contributed by atoms with Crippen molar-refractivity contribution < 1.29 is 23.8 Å². The van der Waals surface area contributed by atoms with E-state index in [0.717, 1.165) is 12.8 Å². The maximum absolute atomic E-state index is 13.0. The van der Waals surface area contributed by atoms with E-state index in [1.165, 1.54) is 4.90 Å². The van der Waals surface area contributed by atoms with Crippen LogP contribution in [-0.2, 0) is 19.1 Å². The Hall–Kier alpha value is -1.96. The zero-order chi connectivity index (χ0) is 18.1. The molecule has 1 spiro atoms. The van der Waals surface area contributed by atoms with E-state index in [0.29, 0.717) is 44.3 Å². The third-order valence-electron chi connectivity index (χ3n) is 5.34. The van der Waals surface area contributed by atoms with Crippen molar-refractivity contribution in [3.63, 3.8) is 0 Å². The van der Waals surface area contributed by atoms with E-state index < -0.39 is 11.8 Å². The molecule has 1 aromatic carbocycles. The predicted octanol–water partition coefficient (Wildman–Crippen LogP) is 1.56. The molecule has 26 heavy (non-hydrogen) atoms. The normalized spacial score (nSPS) is 26.0. The number of ether oxygens (including phenoxy) is 3. The minimum Gasteiger partial charge on any atom is -0.492 e. The number of amides is 2. The molecule has 0 radical (unpaired) electrons. The molecule has 0 N–H and O–H groups in total. The number of rotatable bonds is 4. The van der Waals surface area contributed by atoms with Crippen molar-refractivity contribution in [3.05, 3.63) is 24.3 Å². The van der Waals surface area contributed by atoms with Gasteiger partial charge in [0.15, 0.2) is 5.79 Å². The smallest absolute Gasteiger partial charge is 0.251 e. The van der Waals surface area contributed by atoms with E-state index >= 15 is 0 Å². The summed E-state index contributed by atoms with van der Waals surface area (Å²) in [5.74, 6) is -0.279. The fraction of sp³-hybridized carbons (Fsp3) is 0.579. The Labute approximate surface area is 152 Å². The Morgan fingerprint density at radius 1 is 1.15 bits per heavy atom. The Morgan fingerprint density at radius 2 is 1.85 bits per heavy atom. The molecule has 0 saturated carbocycles. The van der Waals surface area contributed by atoms with E-state index in [-0.39, 0.29) is 18.2 Å². The van der Waals surface area contributed by atoms with Gasteiger partial charge in [-0.15, -0.1) is 0 Å². The van der Waals surface area contributed by atoms with Crippen molar-refractivity contribution in [2.24, 2.45) is 0 Å². The van der Waals surface area contributed by atoms with Crippen LogP contribution in [0.3, 0.4) is 0 Å². The highest BCUT2D eigenvalue weighted by atomic mass is 16.7. The summed E-state index contributed by atoms with van der Waals surface area (Å²) in [5.41, 5.74) is 0.530. The standard InChI is InChI=1S/C19H24N2O5/c1-2-24-16-6-4-3-5-14(16)21-17(22)13-15(18(21)23)20-9-7-19(8-10-20)25-11-12-26-19/h3-6,15H,2,7-13H2,1H3. The van der Waals surface area contributed by atoms with Crippen molar-refractivity contribution in [2.75, 3.05) is 37.8 Å². The van der Waals surface area contributed by atoms with Crippen LogP contribution >= 0.6 is 0 Å². The number of anilines is 1. The van der Waals surface area contributed by atoms with Gasteiger partial charge in [-0.2, -0.15) is 0 Å². The topological polar surface area (TPSA) is 68.3 Å². The zero-order valence-electron chi connectivity index (χ0n) is 15.0. The van der Waals surface area contributed by atoms with E-state index in [1.807, 2.05) is 19.1 Å². The summed E-state index contributed by atoms with van der Waals surface area (Å²) in [7, 11) is 0. The number of imide groups is 1. The van der Waals surface area contributed by atoms with Crippen molar-refractivity contribution in [1.82, 2.24) is 4.90 Å². The zero-order valence-corrected chi connectivity index (χ0v) is 15.0. The lowest BCUT2D eigenvalue weighted by molar-refractivity contribution is -0.188. The summed E-state index contributed by atoms with van der Waals surface area (Å²) in [4.78, 5) is 29.0. The summed E-state index contributed by atoms with van der Waals surface area (Å²) < 4.78 is 17.1. The van der Waals surface area contributed by atoms with Gasteiger partial charge in [0.1, 0.15) is 5.75 Å². The number of likely N-dealkylation sites (tertiary alicyclic amines) is 1. The average molecular weight is 360 g/mol. The lowest BCUT2D eigenvalue weighted by Gasteiger charge is -2.39. The number of hydrogen-bond donors (Lipinski definition) is 0. The second-order valence-electron chi connectivity index (χ2n) is 6.83. The fourth-order valence-corrected chi connectivity index (χ4v) is 4.04. The molecule has 7 nitrogen and oxygen atoms in total. The molecule has 2 amide bonds. The number of nitrogens with zero attached hydrogens (tertiary/aromatic N) is 2. The van der Waals surface area contributed by atoms with Gasteiger partial charge in [-0.05, 0) is 19.1 Å². The lowest BCUT2D eigenvalue weighted by Crippen LogP contribution is -2.51. The molecule has 0 bridgehead atoms. The number of hydrogen-bond acceptors (Lipinski definition) is 6. The average Bonchev–Trinajstić information content (AvgIpc) is 3.22. The molecule has 4 rings (SSSR count). The molecule has 3 heterocycles. The molecule has 7 heteroatoms. The number of para-hydroxylation sites is 2. The number of benzene rings is 1. The van der Waals surface area contributed by atoms with E-state index in [4.69, 9.17) is 14.2 Å². The molecule has 0 aliphatic carbocycles. The van der Waals surface area contributed by atoms with Crippen LogP contribution in [0.4, 0.5) is 5.69 Å². The van der Waals surface area contributed by atoms with Crippen molar-refractivity contribution in [2.45, 2.75) is 38.0 Å². The maximum Gasteiger partial charge on any atom is 0.251 e. The number of carbonyl (C=O) groups excluding carboxylic acids is 2. The van der Waals surface area contributed by atoms with Gasteiger partial charge in [-0.3, -0.25) is 14.5 Å². The third kappa shape index (κ3) is 3.00. The van der Waals surface area contributed by atoms with Gasteiger partial charge in [-0.1, -0.05) is 12.1 Å². The number of carbonyl (C=O) groups is 2. The maximum atomic E-state index is 13.0. The Kier molecular flexibility index (Phi) is 4.69. The Balaban J connectivity index is 1.50. The molecular formula is C19H24N2O5. The molecule has 3 aliphatic rings. The van der Waals surface area contributed by atoms with Gasteiger partial charge >= 0.3 is 0 Å². The summed E-state index contributed by atoms with van der Waals surface area (Å²) in [6, 6.07) is 6.77. The third-order valence-corrected chi connectivity index (χ3v) is 5.34. The van der Waals surface area contributed by atoms with Crippen LogP contribution in [0.15, 0.2) is 24.3 Å². The van der Waals surface area contributed by atoms with Gasteiger partial charge in [0, 0.05) is 25.9 Å². The van der Waals surface area contributed by atoms with Crippen LogP contribution in [0.2, 0.25) is 0 Å². The van der Waals surface area contributed by atoms with Crippen LogP contribution in [0.25, 0.3) is 0 Å². The minimum atomic E-state index is -0.483. The molecule has 1 aromatic rings. The van der Waals surface area contributed by atoms with Gasteiger partial charge in [0.2, 0.25) is 5.91 Å². The second-order valence-corrected chi connectivity index (χ2v) is 6.83. The molecule has 0 aromatic heterocycles. The quantitative estimate of drug-likeness (QED) is 0.759. The molecule has 3 saturated heterocycles. The minimum absolute atomic E-state index is 0.175. The van der Waals surface area contributed by atoms with Crippen molar-refractivity contribution in [3.8, 4) is 5.75 Å². The lowest BCUT2D eigenvalue weighted by atomic mass is 10.0. The summed E-state index contributed by atoms with van der Waals surface area (Å²) in [6.45, 7) is 4.98. The van der Waals surface area contributed by atoms with Gasteiger partial charge < -0.3 is 14.2 Å². The van der Waals surface area contributed by atoms with Crippen LogP contribution in [0.5, 0.6) is 5.75 Å². The first-order chi connectivity index (χ1) is 12.6. The van der Waals surface area contributed by atoms with Gasteiger partial charge in [0.05, 0.1) is 38.0 Å². The monoisotopic (exact) mass is 360 g/mol. The Morgan fingerprint density at radius 3 is 2.54 bits per heavy atom. The highest BCUT2D eigenvalue weighted by molar-refractivity contribution is 6.23. The fourth-order valence-electron chi connectivity index (χ4n) is 4.04. The molecule has 3 fully saturated rings. The summed E-state index contributed by atoms with van der Waals surface area (Å²) >= 11 is 0. The highest BCUT2D eigenvalue weighted by Gasteiger charge is 2.47. The largest absolute Gasteiger partial charge is 0.492 e. The van der Waals surface area contributed by atoms with Crippen LogP contribution in [-0.4, -0.2) is 61.5 Å². The first-order valence-corrected chi connectivity index (χ1v) is 9.24. The molecule has 1 atom stereocenters. The van der Waals surface area contributed by atoms with Crippen molar-refractivity contribution >= 4 is 17.5 Å². The molecule has 140 valence electrons. The highest BCUT2D eigenvalue weighted by Crippen LogP contribution is 2.36. The van der Waals surface area contributed by atoms with Gasteiger partial charge in [0.25, 0.3) is 5.91 Å². The van der Waals surface area contributed by atoms with E-state index in [9.17, 15) is 9.59 Å². The first kappa shape index (κ1) is 17.5. The predicted molar refractivity (Wildman–Crippen MR) is 94.0 cm³/mol. The van der Waals surface area contributed by atoms with Crippen LogP contribution in [0, 0.1) is 0 Å². The summed E-state index contributed by atoms with van der Waals surface area (Å²) in [5, 5.41) is 0. The molecule has 3 aliphatic heterocycles.